The Morgan fingerprint density at radius 2 is 1.83 bits per heavy atom. The second-order valence-electron chi connectivity index (χ2n) is 6.32. The molecule has 3 aromatic rings. The van der Waals surface area contributed by atoms with Crippen molar-refractivity contribution in [3.63, 3.8) is 0 Å². The predicted octanol–water partition coefficient (Wildman–Crippen LogP) is 5.12. The van der Waals surface area contributed by atoms with Crippen LogP contribution in [0.1, 0.15) is 17.3 Å². The number of methoxy groups -OCH3 is 1. The van der Waals surface area contributed by atoms with Gasteiger partial charge in [-0.15, -0.1) is 11.8 Å². The third-order valence-electron chi connectivity index (χ3n) is 4.10. The molecule has 1 heterocycles. The van der Waals surface area contributed by atoms with Gasteiger partial charge in [0.2, 0.25) is 5.91 Å². The number of benzene rings is 2. The minimum Gasteiger partial charge on any atom is -0.497 e. The van der Waals surface area contributed by atoms with E-state index in [4.69, 9.17) is 16.3 Å². The first-order chi connectivity index (χ1) is 14.4. The van der Waals surface area contributed by atoms with Gasteiger partial charge >= 0.3 is 0 Å². The van der Waals surface area contributed by atoms with Crippen molar-refractivity contribution in [2.24, 2.45) is 0 Å². The van der Waals surface area contributed by atoms with Crippen molar-refractivity contribution >= 4 is 46.7 Å². The molecule has 2 N–H and O–H groups in total. The SMILES string of the molecule is COc1cccc(C(=O)Nc2ccc(SC(C)C(=O)Nc3ccc(Cl)cn3)cc2)c1. The number of amides is 2. The van der Waals surface area contributed by atoms with Crippen LogP contribution in [-0.2, 0) is 4.79 Å². The second kappa shape index (κ2) is 10.1. The molecule has 0 fully saturated rings. The van der Waals surface area contributed by atoms with Crippen molar-refractivity contribution in [2.45, 2.75) is 17.1 Å². The van der Waals surface area contributed by atoms with E-state index in [-0.39, 0.29) is 17.1 Å². The molecule has 0 spiro atoms. The molecule has 1 aromatic heterocycles. The number of aromatic nitrogens is 1. The number of halogens is 1. The Balaban J connectivity index is 1.56. The molecular formula is C22H20ClN3O3S. The van der Waals surface area contributed by atoms with Gasteiger partial charge in [0.05, 0.1) is 17.4 Å². The van der Waals surface area contributed by atoms with Crippen molar-refractivity contribution in [3.05, 3.63) is 77.4 Å². The summed E-state index contributed by atoms with van der Waals surface area (Å²) in [4.78, 5) is 29.7. The van der Waals surface area contributed by atoms with Crippen LogP contribution in [0.3, 0.4) is 0 Å². The fourth-order valence-corrected chi connectivity index (χ4v) is 3.50. The van der Waals surface area contributed by atoms with E-state index in [2.05, 4.69) is 15.6 Å². The summed E-state index contributed by atoms with van der Waals surface area (Å²) < 4.78 is 5.14. The van der Waals surface area contributed by atoms with Crippen LogP contribution in [0, 0.1) is 0 Å². The van der Waals surface area contributed by atoms with E-state index in [9.17, 15) is 9.59 Å². The number of rotatable bonds is 7. The van der Waals surface area contributed by atoms with Crippen LogP contribution in [0.4, 0.5) is 11.5 Å². The van der Waals surface area contributed by atoms with Crippen LogP contribution < -0.4 is 15.4 Å². The van der Waals surface area contributed by atoms with Gasteiger partial charge in [0.1, 0.15) is 11.6 Å². The summed E-state index contributed by atoms with van der Waals surface area (Å²) in [5.41, 5.74) is 1.17. The number of ether oxygens (including phenoxy) is 1. The number of hydrogen-bond acceptors (Lipinski definition) is 5. The van der Waals surface area contributed by atoms with Crippen LogP contribution in [0.5, 0.6) is 5.75 Å². The lowest BCUT2D eigenvalue weighted by atomic mass is 10.2. The quantitative estimate of drug-likeness (QED) is 0.497. The van der Waals surface area contributed by atoms with E-state index in [1.165, 1.54) is 18.0 Å². The predicted molar refractivity (Wildman–Crippen MR) is 121 cm³/mol. The van der Waals surface area contributed by atoms with E-state index in [1.807, 2.05) is 19.1 Å². The Morgan fingerprint density at radius 1 is 1.07 bits per heavy atom. The van der Waals surface area contributed by atoms with Gasteiger partial charge in [-0.1, -0.05) is 17.7 Å². The minimum absolute atomic E-state index is 0.162. The molecule has 0 radical (unpaired) electrons. The van der Waals surface area contributed by atoms with Crippen LogP contribution >= 0.6 is 23.4 Å². The van der Waals surface area contributed by atoms with Crippen molar-refractivity contribution in [3.8, 4) is 5.75 Å². The lowest BCUT2D eigenvalue weighted by molar-refractivity contribution is -0.115. The average molecular weight is 442 g/mol. The molecule has 6 nitrogen and oxygen atoms in total. The molecule has 0 aliphatic heterocycles. The first-order valence-electron chi connectivity index (χ1n) is 9.09. The van der Waals surface area contributed by atoms with Crippen LogP contribution in [0.25, 0.3) is 0 Å². The third kappa shape index (κ3) is 5.98. The Hall–Kier alpha value is -3.03. The molecule has 1 atom stereocenters. The number of carbonyl (C=O) groups is 2. The summed E-state index contributed by atoms with van der Waals surface area (Å²) in [5, 5.41) is 5.78. The van der Waals surface area contributed by atoms with Crippen molar-refractivity contribution in [2.75, 3.05) is 17.7 Å². The first-order valence-corrected chi connectivity index (χ1v) is 10.3. The topological polar surface area (TPSA) is 80.3 Å². The van der Waals surface area contributed by atoms with Crippen molar-refractivity contribution < 1.29 is 14.3 Å². The molecule has 0 bridgehead atoms. The lowest BCUT2D eigenvalue weighted by Gasteiger charge is -2.12. The molecular weight excluding hydrogens is 422 g/mol. The van der Waals surface area contributed by atoms with E-state index < -0.39 is 0 Å². The summed E-state index contributed by atoms with van der Waals surface area (Å²) >= 11 is 7.21. The highest BCUT2D eigenvalue weighted by Crippen LogP contribution is 2.26. The van der Waals surface area contributed by atoms with Gasteiger partial charge in [0, 0.05) is 22.3 Å². The largest absolute Gasteiger partial charge is 0.497 e. The Morgan fingerprint density at radius 3 is 2.50 bits per heavy atom. The fraction of sp³-hybridized carbons (Fsp3) is 0.136. The van der Waals surface area contributed by atoms with Gasteiger partial charge in [-0.3, -0.25) is 9.59 Å². The van der Waals surface area contributed by atoms with E-state index >= 15 is 0 Å². The molecule has 0 saturated heterocycles. The molecule has 8 heteroatoms. The Bertz CT molecular complexity index is 1030. The summed E-state index contributed by atoms with van der Waals surface area (Å²) in [6, 6.07) is 17.6. The van der Waals surface area contributed by atoms with Gasteiger partial charge in [0.15, 0.2) is 0 Å². The highest BCUT2D eigenvalue weighted by atomic mass is 35.5. The van der Waals surface area contributed by atoms with Crippen LogP contribution in [0.15, 0.2) is 71.8 Å². The zero-order valence-electron chi connectivity index (χ0n) is 16.4. The molecule has 2 aromatic carbocycles. The van der Waals surface area contributed by atoms with Crippen LogP contribution in [-0.4, -0.2) is 29.2 Å². The molecule has 30 heavy (non-hydrogen) atoms. The molecule has 0 saturated carbocycles. The Kier molecular flexibility index (Phi) is 7.32. The van der Waals surface area contributed by atoms with Gasteiger partial charge in [-0.2, -0.15) is 0 Å². The standard InChI is InChI=1S/C22H20ClN3O3S/c1-14(21(27)26-20-11-6-16(23)13-24-20)30-19-9-7-17(8-10-19)25-22(28)15-4-3-5-18(12-15)29-2/h3-14H,1-2H3,(H,25,28)(H,24,26,27). The first kappa shape index (κ1) is 21.7. The maximum atomic E-state index is 12.4. The maximum absolute atomic E-state index is 12.4. The molecule has 2 amide bonds. The number of hydrogen-bond donors (Lipinski definition) is 2. The number of thioether (sulfide) groups is 1. The zero-order valence-corrected chi connectivity index (χ0v) is 18.0. The average Bonchev–Trinajstić information content (AvgIpc) is 2.76. The molecule has 0 aliphatic rings. The van der Waals surface area contributed by atoms with Gasteiger partial charge < -0.3 is 15.4 Å². The van der Waals surface area contributed by atoms with Crippen LogP contribution in [0.2, 0.25) is 5.02 Å². The minimum atomic E-state index is -0.334. The highest BCUT2D eigenvalue weighted by Gasteiger charge is 2.15. The number of carbonyl (C=O) groups excluding carboxylic acids is 2. The maximum Gasteiger partial charge on any atom is 0.255 e. The lowest BCUT2D eigenvalue weighted by Crippen LogP contribution is -2.22. The molecule has 154 valence electrons. The summed E-state index contributed by atoms with van der Waals surface area (Å²) in [6.45, 7) is 1.81. The molecule has 1 unspecified atom stereocenters. The van der Waals surface area contributed by atoms with Gasteiger partial charge in [-0.25, -0.2) is 4.98 Å². The van der Waals surface area contributed by atoms with Gasteiger partial charge in [0.25, 0.3) is 5.91 Å². The summed E-state index contributed by atoms with van der Waals surface area (Å²) in [6.07, 6.45) is 1.48. The Labute approximate surface area is 184 Å². The van der Waals surface area contributed by atoms with E-state index in [1.54, 1.807) is 55.6 Å². The normalized spacial score (nSPS) is 11.4. The third-order valence-corrected chi connectivity index (χ3v) is 5.44. The number of nitrogens with zero attached hydrogens (tertiary/aromatic N) is 1. The number of nitrogens with one attached hydrogen (secondary N) is 2. The fourth-order valence-electron chi connectivity index (χ4n) is 2.52. The van der Waals surface area contributed by atoms with Crippen molar-refractivity contribution in [1.29, 1.82) is 0 Å². The number of pyridine rings is 1. The number of anilines is 2. The van der Waals surface area contributed by atoms with E-state index in [0.717, 1.165) is 4.90 Å². The second-order valence-corrected chi connectivity index (χ2v) is 8.17. The summed E-state index contributed by atoms with van der Waals surface area (Å²) in [5.74, 6) is 0.686. The molecule has 3 rings (SSSR count). The van der Waals surface area contributed by atoms with Crippen molar-refractivity contribution in [1.82, 2.24) is 4.98 Å². The monoisotopic (exact) mass is 441 g/mol. The molecule has 0 aliphatic carbocycles. The van der Waals surface area contributed by atoms with Gasteiger partial charge in [-0.05, 0) is 61.5 Å². The zero-order chi connectivity index (χ0) is 21.5. The highest BCUT2D eigenvalue weighted by molar-refractivity contribution is 8.00. The van der Waals surface area contributed by atoms with E-state index in [0.29, 0.717) is 27.8 Å². The summed E-state index contributed by atoms with van der Waals surface area (Å²) in [7, 11) is 1.56. The smallest absolute Gasteiger partial charge is 0.255 e.